The maximum atomic E-state index is 11.7. The maximum Gasteiger partial charge on any atom is 0.319 e. The van der Waals surface area contributed by atoms with Gasteiger partial charge in [-0.15, -0.1) is 11.8 Å². The van der Waals surface area contributed by atoms with Gasteiger partial charge in [-0.05, 0) is 24.7 Å². The summed E-state index contributed by atoms with van der Waals surface area (Å²) in [7, 11) is 0. The fraction of sp³-hybridized carbons (Fsp3) is 0.429. The number of hydrogen-bond acceptors (Lipinski definition) is 4. The molecule has 0 fully saturated rings. The molecule has 0 spiro atoms. The summed E-state index contributed by atoms with van der Waals surface area (Å²) in [6.07, 6.45) is 1.36. The van der Waals surface area contributed by atoms with E-state index < -0.39 is 0 Å². The van der Waals surface area contributed by atoms with Crippen LogP contribution in [-0.4, -0.2) is 17.0 Å². The third-order valence-corrected chi connectivity index (χ3v) is 3.57. The molecule has 0 amide bonds. The first kappa shape index (κ1) is 14.6. The number of benzene rings is 1. The Morgan fingerprint density at radius 1 is 1.44 bits per heavy atom. The lowest BCUT2D eigenvalue weighted by Crippen LogP contribution is -2.17. The normalized spacial score (nSPS) is 11.6. The maximum absolute atomic E-state index is 11.7. The average Bonchev–Trinajstić information content (AvgIpc) is 2.42. The Morgan fingerprint density at radius 2 is 2.17 bits per heavy atom. The van der Waals surface area contributed by atoms with Gasteiger partial charge in [-0.2, -0.15) is 5.26 Å². The molecule has 96 valence electrons. The second-order valence-electron chi connectivity index (χ2n) is 3.87. The van der Waals surface area contributed by atoms with Gasteiger partial charge in [0.25, 0.3) is 0 Å². The van der Waals surface area contributed by atoms with Crippen molar-refractivity contribution in [2.24, 2.45) is 0 Å². The summed E-state index contributed by atoms with van der Waals surface area (Å²) in [5, 5.41) is 8.23. The highest BCUT2D eigenvalue weighted by Crippen LogP contribution is 2.14. The van der Waals surface area contributed by atoms with E-state index in [1.165, 1.54) is 11.8 Å². The van der Waals surface area contributed by atoms with Crippen molar-refractivity contribution in [3.8, 4) is 6.07 Å². The molecule has 3 nitrogen and oxygen atoms in total. The summed E-state index contributed by atoms with van der Waals surface area (Å²) in [4.78, 5) is 11.7. The predicted molar refractivity (Wildman–Crippen MR) is 73.0 cm³/mol. The molecule has 0 saturated carbocycles. The molecule has 18 heavy (non-hydrogen) atoms. The molecule has 1 unspecified atom stereocenters. The number of unbranched alkanes of at least 4 members (excludes halogenated alkanes) is 1. The van der Waals surface area contributed by atoms with Gasteiger partial charge >= 0.3 is 5.97 Å². The fourth-order valence-corrected chi connectivity index (χ4v) is 2.19. The Bertz CT molecular complexity index is 400. The number of nitrogens with zero attached hydrogens (tertiary/aromatic N) is 1. The Morgan fingerprint density at radius 3 is 2.83 bits per heavy atom. The van der Waals surface area contributed by atoms with Gasteiger partial charge in [0, 0.05) is 6.42 Å². The van der Waals surface area contributed by atoms with Crippen LogP contribution >= 0.6 is 11.8 Å². The second kappa shape index (κ2) is 8.60. The first-order valence-corrected chi connectivity index (χ1v) is 6.98. The molecule has 1 aromatic rings. The summed E-state index contributed by atoms with van der Waals surface area (Å²) < 4.78 is 5.22. The quantitative estimate of drug-likeness (QED) is 0.560. The van der Waals surface area contributed by atoms with E-state index in [1.54, 1.807) is 0 Å². The van der Waals surface area contributed by atoms with E-state index in [-0.39, 0.29) is 11.2 Å². The van der Waals surface area contributed by atoms with Gasteiger partial charge in [0.1, 0.15) is 6.61 Å². The van der Waals surface area contributed by atoms with Crippen molar-refractivity contribution in [3.63, 3.8) is 0 Å². The van der Waals surface area contributed by atoms with Gasteiger partial charge in [-0.1, -0.05) is 30.3 Å². The largest absolute Gasteiger partial charge is 0.460 e. The number of rotatable bonds is 7. The standard InChI is InChI=1S/C14H17NO2S/c1-12(18-10-6-5-9-15)14(16)17-11-13-7-3-2-4-8-13/h2-4,7-8,12H,5-6,10-11H2,1H3. The van der Waals surface area contributed by atoms with Gasteiger partial charge < -0.3 is 4.74 Å². The van der Waals surface area contributed by atoms with Crippen molar-refractivity contribution in [1.29, 1.82) is 5.26 Å². The van der Waals surface area contributed by atoms with Crippen molar-refractivity contribution in [2.45, 2.75) is 31.6 Å². The Labute approximate surface area is 112 Å². The molecule has 1 atom stereocenters. The van der Waals surface area contributed by atoms with Crippen molar-refractivity contribution in [3.05, 3.63) is 35.9 Å². The number of ether oxygens (including phenoxy) is 1. The topological polar surface area (TPSA) is 50.1 Å². The van der Waals surface area contributed by atoms with E-state index in [0.29, 0.717) is 13.0 Å². The van der Waals surface area contributed by atoms with Crippen LogP contribution in [-0.2, 0) is 16.1 Å². The van der Waals surface area contributed by atoms with E-state index in [2.05, 4.69) is 6.07 Å². The molecule has 0 N–H and O–H groups in total. The lowest BCUT2D eigenvalue weighted by atomic mass is 10.2. The molecule has 1 rings (SSSR count). The zero-order valence-corrected chi connectivity index (χ0v) is 11.3. The molecule has 1 aromatic carbocycles. The van der Waals surface area contributed by atoms with Crippen LogP contribution in [0.25, 0.3) is 0 Å². The number of esters is 1. The number of carbonyl (C=O) groups excluding carboxylic acids is 1. The third-order valence-electron chi connectivity index (χ3n) is 2.36. The van der Waals surface area contributed by atoms with Crippen molar-refractivity contribution in [2.75, 3.05) is 5.75 Å². The highest BCUT2D eigenvalue weighted by Gasteiger charge is 2.14. The van der Waals surface area contributed by atoms with E-state index >= 15 is 0 Å². The SMILES string of the molecule is CC(SCCCC#N)C(=O)OCc1ccccc1. The summed E-state index contributed by atoms with van der Waals surface area (Å²) in [5.74, 6) is 0.621. The van der Waals surface area contributed by atoms with Crippen LogP contribution < -0.4 is 0 Å². The first-order chi connectivity index (χ1) is 8.74. The van der Waals surface area contributed by atoms with Crippen LogP contribution in [0.5, 0.6) is 0 Å². The monoisotopic (exact) mass is 263 g/mol. The third kappa shape index (κ3) is 5.74. The summed E-state index contributed by atoms with van der Waals surface area (Å²) in [6, 6.07) is 11.7. The molecule has 0 aromatic heterocycles. The van der Waals surface area contributed by atoms with Crippen LogP contribution in [0.4, 0.5) is 0 Å². The van der Waals surface area contributed by atoms with Gasteiger partial charge in [-0.3, -0.25) is 4.79 Å². The average molecular weight is 263 g/mol. The Kier molecular flexibility index (Phi) is 6.97. The van der Waals surface area contributed by atoms with Crippen LogP contribution in [0.15, 0.2) is 30.3 Å². The van der Waals surface area contributed by atoms with Gasteiger partial charge in [0.15, 0.2) is 0 Å². The Hall–Kier alpha value is -1.47. The van der Waals surface area contributed by atoms with Crippen molar-refractivity contribution < 1.29 is 9.53 Å². The predicted octanol–water partition coefficient (Wildman–Crippen LogP) is 3.16. The van der Waals surface area contributed by atoms with E-state index in [0.717, 1.165) is 17.7 Å². The van der Waals surface area contributed by atoms with Gasteiger partial charge in [0.05, 0.1) is 11.3 Å². The summed E-state index contributed by atoms with van der Waals surface area (Å²) >= 11 is 1.53. The second-order valence-corrected chi connectivity index (χ2v) is 5.32. The number of hydrogen-bond donors (Lipinski definition) is 0. The minimum absolute atomic E-state index is 0.174. The highest BCUT2D eigenvalue weighted by molar-refractivity contribution is 8.00. The minimum atomic E-state index is -0.194. The van der Waals surface area contributed by atoms with Crippen molar-refractivity contribution in [1.82, 2.24) is 0 Å². The van der Waals surface area contributed by atoms with Crippen molar-refractivity contribution >= 4 is 17.7 Å². The van der Waals surface area contributed by atoms with Crippen LogP contribution in [0.3, 0.4) is 0 Å². The molecule has 0 aliphatic heterocycles. The van der Waals surface area contributed by atoms with Gasteiger partial charge in [-0.25, -0.2) is 0 Å². The molecule has 0 saturated heterocycles. The summed E-state index contributed by atoms with van der Waals surface area (Å²) in [5.41, 5.74) is 0.993. The zero-order chi connectivity index (χ0) is 13.2. The first-order valence-electron chi connectivity index (χ1n) is 5.93. The molecule has 0 radical (unpaired) electrons. The highest BCUT2D eigenvalue weighted by atomic mass is 32.2. The lowest BCUT2D eigenvalue weighted by molar-refractivity contribution is -0.143. The number of carbonyl (C=O) groups is 1. The summed E-state index contributed by atoms with van der Waals surface area (Å²) in [6.45, 7) is 2.16. The van der Waals surface area contributed by atoms with E-state index in [9.17, 15) is 4.79 Å². The molecule has 4 heteroatoms. The lowest BCUT2D eigenvalue weighted by Gasteiger charge is -2.10. The van der Waals surface area contributed by atoms with E-state index in [1.807, 2.05) is 37.3 Å². The fourth-order valence-electron chi connectivity index (χ4n) is 1.33. The molecular formula is C14H17NO2S. The molecule has 0 aliphatic rings. The molecule has 0 bridgehead atoms. The van der Waals surface area contributed by atoms with Crippen LogP contribution in [0.2, 0.25) is 0 Å². The van der Waals surface area contributed by atoms with E-state index in [4.69, 9.17) is 10.00 Å². The molecule has 0 heterocycles. The number of thioether (sulfide) groups is 1. The molecular weight excluding hydrogens is 246 g/mol. The molecule has 0 aliphatic carbocycles. The van der Waals surface area contributed by atoms with Crippen LogP contribution in [0.1, 0.15) is 25.3 Å². The number of nitriles is 1. The van der Waals surface area contributed by atoms with Crippen LogP contribution in [0, 0.1) is 11.3 Å². The zero-order valence-electron chi connectivity index (χ0n) is 10.5. The smallest absolute Gasteiger partial charge is 0.319 e. The Balaban J connectivity index is 2.22. The minimum Gasteiger partial charge on any atom is -0.460 e. The van der Waals surface area contributed by atoms with Gasteiger partial charge in [0.2, 0.25) is 0 Å².